The molecule has 6 heteroatoms. The number of carboxylic acid groups (broad SMARTS) is 1. The summed E-state index contributed by atoms with van der Waals surface area (Å²) >= 11 is 0. The number of nitrogens with zero attached hydrogens (tertiary/aromatic N) is 1. The van der Waals surface area contributed by atoms with Gasteiger partial charge < -0.3 is 9.84 Å². The van der Waals surface area contributed by atoms with E-state index in [2.05, 4.69) is 4.74 Å². The Hall–Kier alpha value is -2.42. The number of nitriles is 1. The normalized spacial score (nSPS) is 10.6. The molecule has 0 unspecified atom stereocenters. The highest BCUT2D eigenvalue weighted by molar-refractivity contribution is 5.86. The second-order valence-corrected chi connectivity index (χ2v) is 3.54. The summed E-state index contributed by atoms with van der Waals surface area (Å²) in [5, 5.41) is 17.1. The number of hydrogen-bond donors (Lipinski definition) is 1. The molecule has 0 heterocycles. The molecule has 0 saturated carbocycles. The Labute approximate surface area is 108 Å². The highest BCUT2D eigenvalue weighted by Gasteiger charge is 2.11. The van der Waals surface area contributed by atoms with Gasteiger partial charge in [-0.1, -0.05) is 12.1 Å². The third-order valence-electron chi connectivity index (χ3n) is 2.27. The van der Waals surface area contributed by atoms with Gasteiger partial charge in [-0.2, -0.15) is 14.0 Å². The summed E-state index contributed by atoms with van der Waals surface area (Å²) in [7, 11) is 0. The van der Waals surface area contributed by atoms with E-state index in [4.69, 9.17) is 10.4 Å². The first-order valence-corrected chi connectivity index (χ1v) is 5.39. The van der Waals surface area contributed by atoms with Crippen LogP contribution in [0.4, 0.5) is 8.78 Å². The minimum absolute atomic E-state index is 0.108. The van der Waals surface area contributed by atoms with Gasteiger partial charge in [0, 0.05) is 18.1 Å². The molecule has 4 nitrogen and oxygen atoms in total. The van der Waals surface area contributed by atoms with Crippen LogP contribution in [-0.2, 0) is 11.2 Å². The highest BCUT2D eigenvalue weighted by atomic mass is 19.3. The van der Waals surface area contributed by atoms with E-state index in [-0.39, 0.29) is 17.7 Å². The van der Waals surface area contributed by atoms with E-state index in [0.717, 1.165) is 6.08 Å². The van der Waals surface area contributed by atoms with Crippen molar-refractivity contribution >= 4 is 12.0 Å². The molecule has 1 aromatic carbocycles. The van der Waals surface area contributed by atoms with Gasteiger partial charge in [0.15, 0.2) is 0 Å². The highest BCUT2D eigenvalue weighted by Crippen LogP contribution is 2.26. The number of alkyl halides is 2. The number of rotatable bonds is 6. The van der Waals surface area contributed by atoms with Gasteiger partial charge in [-0.05, 0) is 24.1 Å². The number of hydrogen-bond acceptors (Lipinski definition) is 3. The molecule has 0 radical (unpaired) electrons. The van der Waals surface area contributed by atoms with Crippen molar-refractivity contribution in [2.24, 2.45) is 0 Å². The fourth-order valence-corrected chi connectivity index (χ4v) is 1.54. The molecule has 1 aromatic rings. The van der Waals surface area contributed by atoms with Gasteiger partial charge in [0.1, 0.15) is 5.75 Å². The van der Waals surface area contributed by atoms with E-state index in [0.29, 0.717) is 12.0 Å². The summed E-state index contributed by atoms with van der Waals surface area (Å²) in [6.45, 7) is -3.00. The molecule has 0 aliphatic rings. The summed E-state index contributed by atoms with van der Waals surface area (Å²) in [5.74, 6) is -1.30. The minimum Gasteiger partial charge on any atom is -0.478 e. The monoisotopic (exact) mass is 267 g/mol. The average Bonchev–Trinajstić information content (AvgIpc) is 2.34. The van der Waals surface area contributed by atoms with Crippen LogP contribution in [-0.4, -0.2) is 17.7 Å². The molecule has 1 N–H and O–H groups in total. The quantitative estimate of drug-likeness (QED) is 0.804. The fourth-order valence-electron chi connectivity index (χ4n) is 1.54. The Morgan fingerprint density at radius 3 is 2.84 bits per heavy atom. The Morgan fingerprint density at radius 1 is 1.53 bits per heavy atom. The third-order valence-corrected chi connectivity index (χ3v) is 2.27. The van der Waals surface area contributed by atoms with Crippen LogP contribution in [0.25, 0.3) is 6.08 Å². The zero-order valence-electron chi connectivity index (χ0n) is 9.85. The topological polar surface area (TPSA) is 70.3 Å². The first-order chi connectivity index (χ1) is 9.04. The molecule has 19 heavy (non-hydrogen) atoms. The number of benzene rings is 1. The zero-order chi connectivity index (χ0) is 14.3. The van der Waals surface area contributed by atoms with Crippen LogP contribution in [0.5, 0.6) is 5.75 Å². The van der Waals surface area contributed by atoms with Crippen molar-refractivity contribution in [2.45, 2.75) is 19.5 Å². The van der Waals surface area contributed by atoms with Crippen molar-refractivity contribution in [3.63, 3.8) is 0 Å². The van der Waals surface area contributed by atoms with E-state index in [1.807, 2.05) is 6.07 Å². The van der Waals surface area contributed by atoms with Gasteiger partial charge in [-0.25, -0.2) is 4.79 Å². The second-order valence-electron chi connectivity index (χ2n) is 3.54. The maximum Gasteiger partial charge on any atom is 0.387 e. The number of aryl methyl sites for hydroxylation is 1. The Morgan fingerprint density at radius 2 is 2.26 bits per heavy atom. The van der Waals surface area contributed by atoms with Gasteiger partial charge in [0.25, 0.3) is 0 Å². The lowest BCUT2D eigenvalue weighted by atomic mass is 10.0. The van der Waals surface area contributed by atoms with E-state index < -0.39 is 12.6 Å². The predicted octanol–water partition coefficient (Wildman–Crippen LogP) is 2.84. The summed E-state index contributed by atoms with van der Waals surface area (Å²) in [5.41, 5.74) is 0.831. The smallest absolute Gasteiger partial charge is 0.387 e. The van der Waals surface area contributed by atoms with Gasteiger partial charge >= 0.3 is 12.6 Å². The first-order valence-electron chi connectivity index (χ1n) is 5.39. The Balaban J connectivity index is 3.15. The Kier molecular flexibility index (Phi) is 5.48. The minimum atomic E-state index is -3.00. The standard InChI is InChI=1S/C13H11F2NO3/c14-13(15)19-11-5-1-3-9(4-2-8-16)10(11)6-7-12(17)18/h1,3,5-7,13H,2,4H2,(H,17,18)/b7-6+. The van der Waals surface area contributed by atoms with Gasteiger partial charge in [-0.15, -0.1) is 0 Å². The summed E-state index contributed by atoms with van der Waals surface area (Å²) in [6.07, 6.45) is 2.55. The number of carboxylic acids is 1. The summed E-state index contributed by atoms with van der Waals surface area (Å²) < 4.78 is 28.9. The second kappa shape index (κ2) is 7.11. The largest absolute Gasteiger partial charge is 0.478 e. The molecule has 0 aliphatic heterocycles. The molecule has 0 amide bonds. The van der Waals surface area contributed by atoms with Crippen LogP contribution < -0.4 is 4.74 Å². The average molecular weight is 267 g/mol. The fraction of sp³-hybridized carbons (Fsp3) is 0.231. The van der Waals surface area contributed by atoms with Crippen LogP contribution in [0.1, 0.15) is 17.5 Å². The van der Waals surface area contributed by atoms with Crippen LogP contribution in [0.15, 0.2) is 24.3 Å². The first kappa shape index (κ1) is 14.6. The number of halogens is 2. The van der Waals surface area contributed by atoms with E-state index in [9.17, 15) is 13.6 Å². The predicted molar refractivity (Wildman–Crippen MR) is 63.7 cm³/mol. The molecule has 0 saturated heterocycles. The molecule has 0 fully saturated rings. The van der Waals surface area contributed by atoms with Crippen LogP contribution in [0, 0.1) is 11.3 Å². The van der Waals surface area contributed by atoms with Crippen molar-refractivity contribution in [1.29, 1.82) is 5.26 Å². The lowest BCUT2D eigenvalue weighted by Gasteiger charge is -2.11. The lowest BCUT2D eigenvalue weighted by molar-refractivity contribution is -0.131. The van der Waals surface area contributed by atoms with E-state index in [1.165, 1.54) is 18.2 Å². The molecule has 0 aromatic heterocycles. The zero-order valence-corrected chi connectivity index (χ0v) is 9.85. The summed E-state index contributed by atoms with van der Waals surface area (Å²) in [4.78, 5) is 10.5. The Bertz CT molecular complexity index is 521. The number of carbonyl (C=O) groups is 1. The molecule has 100 valence electrons. The van der Waals surface area contributed by atoms with Crippen LogP contribution in [0.2, 0.25) is 0 Å². The van der Waals surface area contributed by atoms with Crippen molar-refractivity contribution in [1.82, 2.24) is 0 Å². The number of ether oxygens (including phenoxy) is 1. The van der Waals surface area contributed by atoms with Crippen molar-refractivity contribution in [2.75, 3.05) is 0 Å². The number of aliphatic carboxylic acids is 1. The maximum absolute atomic E-state index is 12.3. The van der Waals surface area contributed by atoms with Gasteiger partial charge in [0.05, 0.1) is 6.07 Å². The molecular weight excluding hydrogens is 256 g/mol. The maximum atomic E-state index is 12.3. The van der Waals surface area contributed by atoms with Gasteiger partial charge in [0.2, 0.25) is 0 Å². The van der Waals surface area contributed by atoms with E-state index >= 15 is 0 Å². The lowest BCUT2D eigenvalue weighted by Crippen LogP contribution is -2.05. The molecule has 0 bridgehead atoms. The molecular formula is C13H11F2NO3. The van der Waals surface area contributed by atoms with E-state index in [1.54, 1.807) is 6.07 Å². The van der Waals surface area contributed by atoms with Crippen molar-refractivity contribution in [3.05, 3.63) is 35.4 Å². The third kappa shape index (κ3) is 4.76. The molecule has 0 atom stereocenters. The van der Waals surface area contributed by atoms with Crippen LogP contribution in [0.3, 0.4) is 0 Å². The molecule has 1 rings (SSSR count). The van der Waals surface area contributed by atoms with Crippen molar-refractivity contribution in [3.8, 4) is 11.8 Å². The molecule has 0 aliphatic carbocycles. The van der Waals surface area contributed by atoms with Crippen molar-refractivity contribution < 1.29 is 23.4 Å². The van der Waals surface area contributed by atoms with Gasteiger partial charge in [-0.3, -0.25) is 0 Å². The van der Waals surface area contributed by atoms with Crippen LogP contribution >= 0.6 is 0 Å². The summed E-state index contributed by atoms with van der Waals surface area (Å²) in [6, 6.07) is 6.41. The SMILES string of the molecule is N#CCCc1cccc(OC(F)F)c1/C=C/C(=O)O. The molecule has 0 spiro atoms.